The molecule has 0 saturated heterocycles. The van der Waals surface area contributed by atoms with Crippen molar-refractivity contribution in [2.24, 2.45) is 27.1 Å². The number of Topliss-reactive ketones (excluding diaryl/α,β-unsaturated/α-hetero) is 5. The Morgan fingerprint density at radius 1 is 0.315 bits per heavy atom. The zero-order valence-corrected chi connectivity index (χ0v) is 82.4. The number of benzene rings is 5. The standard InChI is InChI=1S/2C22H25NO2S.2C22H25NOS.C21H22ClNOS/c1-5-22(15-6-8-16(25-4)9-7-15)19-14(10-17-20(22)26-13-23-17)11-21(2,3)12-18(19)24;1-5-22(15-8-6-7-9-18(15)25-4)19-14(10-16-20(22)26-13-23-16)11-21(2,3)12-17(19)24;1-5-22(16-8-6-14(2)7-9-16)19-15(10-17-20(22)25-13-23-17)11-21(3,4)12-18(19)24;1-5-22(16-9-7-6-8-14(16)2)19-15(10-17-20(22)25-13-23-17)11-21(3,4)12-18(19)24;1-4-21(14-5-7-15(22)8-6-14)18-13(9-16-19(21)25-12-23-16)10-20(2,3)11-17(18)24/h2*6-9,13H,5,10-12H2,1-4H3;2*6-9,13H,5,10-12H2,1-4H3;5-8,12H,4,9-11H2,1-3H3. The zero-order chi connectivity index (χ0) is 90.5. The minimum Gasteiger partial charge on any atom is -0.497 e. The molecule has 5 heterocycles. The van der Waals surface area contributed by atoms with Crippen molar-refractivity contribution in [1.82, 2.24) is 24.9 Å². The van der Waals surface area contributed by atoms with E-state index in [1.54, 1.807) is 70.9 Å². The van der Waals surface area contributed by atoms with Crippen LogP contribution in [0.1, 0.15) is 292 Å². The fourth-order valence-electron chi connectivity index (χ4n) is 24.5. The highest BCUT2D eigenvalue weighted by molar-refractivity contribution is 7.11. The van der Waals surface area contributed by atoms with Crippen LogP contribution in [0.4, 0.5) is 0 Å². The molecule has 5 atom stereocenters. The molecule has 127 heavy (non-hydrogen) atoms. The van der Waals surface area contributed by atoms with Crippen molar-refractivity contribution in [2.45, 2.75) is 273 Å². The first-order valence-electron chi connectivity index (χ1n) is 45.6. The Labute approximate surface area is 776 Å². The van der Waals surface area contributed by atoms with E-state index in [9.17, 15) is 24.0 Å². The number of nitrogens with zero attached hydrogens (tertiary/aromatic N) is 5. The number of carbonyl (C=O) groups excluding carboxylic acids is 5. The van der Waals surface area contributed by atoms with E-state index in [0.717, 1.165) is 169 Å². The van der Waals surface area contributed by atoms with Crippen LogP contribution in [0.5, 0.6) is 11.5 Å². The second kappa shape index (κ2) is 34.8. The largest absolute Gasteiger partial charge is 0.497 e. The number of carbonyl (C=O) groups is 5. The molecule has 0 N–H and O–H groups in total. The van der Waals surface area contributed by atoms with Gasteiger partial charge in [-0.2, -0.15) is 0 Å². The predicted octanol–water partition coefficient (Wildman–Crippen LogP) is 26.7. The summed E-state index contributed by atoms with van der Waals surface area (Å²) in [5, 5.41) is 0.723. The van der Waals surface area contributed by atoms with Crippen molar-refractivity contribution >= 4 is 97.2 Å². The minimum absolute atomic E-state index is 0.0176. The van der Waals surface area contributed by atoms with E-state index < -0.39 is 5.41 Å². The van der Waals surface area contributed by atoms with Crippen LogP contribution < -0.4 is 9.47 Å². The summed E-state index contributed by atoms with van der Waals surface area (Å²) < 4.78 is 11.1. The maximum atomic E-state index is 13.4. The highest BCUT2D eigenvalue weighted by Gasteiger charge is 2.57. The first-order chi connectivity index (χ1) is 60.5. The molecule has 10 aliphatic carbocycles. The summed E-state index contributed by atoms with van der Waals surface area (Å²) in [6.07, 6.45) is 16.5. The van der Waals surface area contributed by atoms with Gasteiger partial charge in [-0.3, -0.25) is 24.0 Å². The molecule has 12 nitrogen and oxygen atoms in total. The van der Waals surface area contributed by atoms with Gasteiger partial charge < -0.3 is 9.47 Å². The second-order valence-corrected chi connectivity index (χ2v) is 45.7. The average Bonchev–Trinajstić information content (AvgIpc) is 1.72. The summed E-state index contributed by atoms with van der Waals surface area (Å²) in [6, 6.07) is 41.7. The van der Waals surface area contributed by atoms with Crippen molar-refractivity contribution in [3.63, 3.8) is 0 Å². The molecule has 0 amide bonds. The van der Waals surface area contributed by atoms with Crippen LogP contribution in [0.3, 0.4) is 0 Å². The van der Waals surface area contributed by atoms with Gasteiger partial charge in [0, 0.05) is 127 Å². The summed E-state index contributed by atoms with van der Waals surface area (Å²) in [5.41, 5.74) is 34.1. The van der Waals surface area contributed by atoms with Crippen LogP contribution in [-0.4, -0.2) is 68.1 Å². The zero-order valence-electron chi connectivity index (χ0n) is 77.6. The van der Waals surface area contributed by atoms with Gasteiger partial charge in [-0.15, -0.1) is 56.7 Å². The van der Waals surface area contributed by atoms with E-state index in [0.29, 0.717) is 61.0 Å². The normalized spacial score (nSPS) is 24.6. The highest BCUT2D eigenvalue weighted by Crippen LogP contribution is 2.62. The summed E-state index contributed by atoms with van der Waals surface area (Å²) >= 11 is 14.6. The Bertz CT molecular complexity index is 6020. The summed E-state index contributed by atoms with van der Waals surface area (Å²) in [7, 11) is 3.39. The van der Waals surface area contributed by atoms with E-state index in [1.807, 2.05) is 70.0 Å². The molecule has 662 valence electrons. The van der Waals surface area contributed by atoms with Crippen molar-refractivity contribution in [3.05, 3.63) is 301 Å². The number of fused-ring (bicyclic) bond motifs is 5. The van der Waals surface area contributed by atoms with E-state index in [-0.39, 0.29) is 48.7 Å². The smallest absolute Gasteiger partial charge is 0.160 e. The number of ether oxygens (including phenoxy) is 2. The number of ketones is 5. The molecule has 18 heteroatoms. The van der Waals surface area contributed by atoms with Crippen LogP contribution in [0.2, 0.25) is 5.02 Å². The number of methoxy groups -OCH3 is 2. The van der Waals surface area contributed by atoms with Crippen LogP contribution in [0.15, 0.2) is 205 Å². The maximum absolute atomic E-state index is 13.4. The second-order valence-electron chi connectivity index (χ2n) is 41.0. The van der Waals surface area contributed by atoms with Gasteiger partial charge in [0.05, 0.1) is 97.3 Å². The lowest BCUT2D eigenvalue weighted by molar-refractivity contribution is -0.119. The van der Waals surface area contributed by atoms with Gasteiger partial charge in [-0.1, -0.05) is 240 Å². The molecule has 20 rings (SSSR count). The number of aryl methyl sites for hydroxylation is 2. The quantitative estimate of drug-likeness (QED) is 0.114. The van der Waals surface area contributed by atoms with Crippen molar-refractivity contribution in [1.29, 1.82) is 0 Å². The number of aromatic nitrogens is 5. The molecule has 0 radical (unpaired) electrons. The number of thiazole rings is 5. The lowest BCUT2D eigenvalue weighted by atomic mass is 9.58. The van der Waals surface area contributed by atoms with Crippen LogP contribution in [-0.2, 0) is 83.2 Å². The molecule has 5 unspecified atom stereocenters. The number of hydrogen-bond donors (Lipinski definition) is 0. The van der Waals surface area contributed by atoms with Gasteiger partial charge in [0.2, 0.25) is 0 Å². The maximum Gasteiger partial charge on any atom is 0.160 e. The number of rotatable bonds is 12. The molecule has 0 fully saturated rings. The van der Waals surface area contributed by atoms with Crippen LogP contribution >= 0.6 is 68.3 Å². The molecule has 0 bridgehead atoms. The lowest BCUT2D eigenvalue weighted by Crippen LogP contribution is -2.42. The van der Waals surface area contributed by atoms with Crippen molar-refractivity contribution < 1.29 is 33.4 Å². The molecule has 0 spiro atoms. The highest BCUT2D eigenvalue weighted by atomic mass is 35.5. The Balaban J connectivity index is 0.000000117. The fraction of sp³-hybridized carbons (Fsp3) is 0.450. The van der Waals surface area contributed by atoms with E-state index >= 15 is 0 Å². The molecule has 5 aromatic heterocycles. The van der Waals surface area contributed by atoms with E-state index in [4.69, 9.17) is 26.1 Å². The SMILES string of the molecule is CCC1(c2ccc(C)cc2)C2=C(Cc3ncsc31)CC(C)(C)CC2=O.CCC1(c2ccc(Cl)cc2)C2=C(Cc3ncsc31)CC(C)(C)CC2=O.CCC1(c2ccc(OC)cc2)C2=C(Cc3ncsc31)CC(C)(C)CC2=O.CCC1(c2ccccc2C)C2=C(Cc3ncsc31)CC(C)(C)CC2=O.CCC1(c2ccccc2OC)C2=C(Cc3ncsc31)CC(C)(C)CC2=O. The van der Waals surface area contributed by atoms with Crippen LogP contribution in [0, 0.1) is 40.9 Å². The van der Waals surface area contributed by atoms with Gasteiger partial charge in [0.25, 0.3) is 0 Å². The summed E-state index contributed by atoms with van der Waals surface area (Å²) in [5.74, 6) is 3.28. The number of hydrogen-bond acceptors (Lipinski definition) is 17. The molecular weight excluding hydrogens is 1690 g/mol. The Hall–Kier alpha value is -8.81. The van der Waals surface area contributed by atoms with Gasteiger partial charge in [-0.25, -0.2) is 24.9 Å². The molecule has 5 aromatic carbocycles. The van der Waals surface area contributed by atoms with Gasteiger partial charge in [0.1, 0.15) is 11.5 Å². The number of halogens is 1. The number of para-hydroxylation sites is 1. The Morgan fingerprint density at radius 3 is 0.866 bits per heavy atom. The third-order valence-electron chi connectivity index (χ3n) is 29.3. The van der Waals surface area contributed by atoms with Gasteiger partial charge in [-0.05, 0) is 163 Å². The molecule has 10 aromatic rings. The summed E-state index contributed by atoms with van der Waals surface area (Å²) in [4.78, 5) is 96.4. The third-order valence-corrected chi connectivity index (χ3v) is 34.7. The minimum atomic E-state index is -0.440. The van der Waals surface area contributed by atoms with Crippen molar-refractivity contribution in [3.8, 4) is 11.5 Å². The lowest BCUT2D eigenvalue weighted by Gasteiger charge is -2.45. The van der Waals surface area contributed by atoms with E-state index in [1.165, 1.54) is 91.5 Å². The van der Waals surface area contributed by atoms with Crippen molar-refractivity contribution in [2.75, 3.05) is 14.2 Å². The van der Waals surface area contributed by atoms with Gasteiger partial charge >= 0.3 is 0 Å². The first-order valence-corrected chi connectivity index (χ1v) is 50.3. The summed E-state index contributed by atoms with van der Waals surface area (Å²) in [6.45, 7) is 37.3. The Morgan fingerprint density at radius 2 is 0.575 bits per heavy atom. The molecule has 0 saturated carbocycles. The Kier molecular flexibility index (Phi) is 25.1. The fourth-order valence-corrected chi connectivity index (χ4v) is 30.2. The van der Waals surface area contributed by atoms with Gasteiger partial charge in [0.15, 0.2) is 28.9 Å². The monoisotopic (exact) mass is 1810 g/mol. The molecule has 0 aliphatic heterocycles. The first kappa shape index (κ1) is 91.5. The predicted molar refractivity (Wildman–Crippen MR) is 519 cm³/mol. The molecule has 10 aliphatic rings. The third kappa shape index (κ3) is 16.0. The number of allylic oxidation sites excluding steroid dienone is 10. The van der Waals surface area contributed by atoms with Crippen LogP contribution in [0.25, 0.3) is 0 Å². The molecular formula is C109H122ClN5O7S5. The topological polar surface area (TPSA) is 168 Å². The van der Waals surface area contributed by atoms with E-state index in [2.05, 4.69) is 217 Å². The average molecular weight is 1810 g/mol.